The monoisotopic (exact) mass is 465 g/mol. The highest BCUT2D eigenvalue weighted by Gasteiger charge is 2.26. The molecule has 1 fully saturated rings. The van der Waals surface area contributed by atoms with Crippen molar-refractivity contribution in [3.8, 4) is 0 Å². The maximum atomic E-state index is 13.2. The van der Waals surface area contributed by atoms with Crippen molar-refractivity contribution in [3.63, 3.8) is 0 Å². The summed E-state index contributed by atoms with van der Waals surface area (Å²) in [4.78, 5) is 26.3. The summed E-state index contributed by atoms with van der Waals surface area (Å²) in [6.07, 6.45) is 1.29. The quantitative estimate of drug-likeness (QED) is 0.568. The van der Waals surface area contributed by atoms with E-state index in [-0.39, 0.29) is 16.7 Å². The van der Waals surface area contributed by atoms with E-state index >= 15 is 0 Å². The highest BCUT2D eigenvalue weighted by molar-refractivity contribution is 7.93. The summed E-state index contributed by atoms with van der Waals surface area (Å²) < 4.78 is 29.1. The van der Waals surface area contributed by atoms with Crippen LogP contribution in [0.15, 0.2) is 65.6 Å². The molecule has 0 saturated carbocycles. The first-order valence-corrected chi connectivity index (χ1v) is 12.3. The predicted molar refractivity (Wildman–Crippen MR) is 131 cm³/mol. The number of hydrogen-bond acceptors (Lipinski definition) is 4. The van der Waals surface area contributed by atoms with E-state index in [1.807, 2.05) is 32.9 Å². The van der Waals surface area contributed by atoms with E-state index in [0.717, 1.165) is 17.5 Å². The Bertz CT molecular complexity index is 1330. The Hall–Kier alpha value is -3.39. The second kappa shape index (κ2) is 8.51. The molecule has 2 N–H and O–H groups in total. The van der Waals surface area contributed by atoms with Gasteiger partial charge in [0.1, 0.15) is 0 Å². The molecule has 0 aromatic heterocycles. The fourth-order valence-electron chi connectivity index (χ4n) is 3.78. The first-order chi connectivity index (χ1) is 15.6. The van der Waals surface area contributed by atoms with E-state index < -0.39 is 15.4 Å². The van der Waals surface area contributed by atoms with E-state index in [1.54, 1.807) is 53.4 Å². The lowest BCUT2D eigenvalue weighted by atomic mass is 9.95. The maximum absolute atomic E-state index is 13.2. The van der Waals surface area contributed by atoms with Crippen LogP contribution in [0.3, 0.4) is 0 Å². The first kappa shape index (κ1) is 22.8. The number of nitrogens with one attached hydrogen (secondary N) is 2. The lowest BCUT2D eigenvalue weighted by Crippen LogP contribution is -2.27. The van der Waals surface area contributed by atoms with E-state index in [4.69, 9.17) is 0 Å². The molecule has 0 spiro atoms. The Kier molecular flexibility index (Phi) is 5.88. The summed E-state index contributed by atoms with van der Waals surface area (Å²) in [7, 11) is -3.89. The van der Waals surface area contributed by atoms with E-state index in [9.17, 15) is 18.0 Å². The van der Waals surface area contributed by atoms with Crippen LogP contribution < -0.4 is 14.9 Å². The number of benzene rings is 3. The minimum absolute atomic E-state index is 0.0486. The van der Waals surface area contributed by atoms with Gasteiger partial charge in [-0.05, 0) is 42.8 Å². The van der Waals surface area contributed by atoms with Crippen LogP contribution in [0, 0.1) is 5.41 Å². The van der Waals surface area contributed by atoms with Crippen molar-refractivity contribution in [2.75, 3.05) is 21.5 Å². The van der Waals surface area contributed by atoms with Crippen LogP contribution in [0.1, 0.15) is 33.6 Å². The van der Waals surface area contributed by atoms with Crippen molar-refractivity contribution >= 4 is 49.7 Å². The number of fused-ring (bicyclic) bond motifs is 1. The zero-order valence-corrected chi connectivity index (χ0v) is 19.7. The molecule has 1 saturated heterocycles. The normalized spacial score (nSPS) is 14.5. The third kappa shape index (κ3) is 4.71. The van der Waals surface area contributed by atoms with Gasteiger partial charge in [0.05, 0.1) is 10.6 Å². The molecule has 0 atom stereocenters. The van der Waals surface area contributed by atoms with Gasteiger partial charge in [0.15, 0.2) is 0 Å². The minimum atomic E-state index is -3.89. The zero-order chi connectivity index (χ0) is 23.8. The van der Waals surface area contributed by atoms with Gasteiger partial charge in [-0.2, -0.15) is 0 Å². The van der Waals surface area contributed by atoms with Crippen molar-refractivity contribution in [1.82, 2.24) is 0 Å². The molecule has 0 unspecified atom stereocenters. The molecule has 7 nitrogen and oxygen atoms in total. The highest BCUT2D eigenvalue weighted by atomic mass is 32.2. The number of nitrogens with zero attached hydrogens (tertiary/aromatic N) is 1. The molecule has 1 aliphatic rings. The van der Waals surface area contributed by atoms with Gasteiger partial charge in [0.25, 0.3) is 10.0 Å². The zero-order valence-electron chi connectivity index (χ0n) is 18.9. The van der Waals surface area contributed by atoms with Gasteiger partial charge in [-0.3, -0.25) is 14.3 Å². The molecule has 1 heterocycles. The summed E-state index contributed by atoms with van der Waals surface area (Å²) in [5, 5.41) is 4.09. The number of carbonyl (C=O) groups excluding carboxylic acids is 2. The number of carbonyl (C=O) groups is 2. The summed E-state index contributed by atoms with van der Waals surface area (Å²) in [5.74, 6) is -0.0774. The van der Waals surface area contributed by atoms with E-state index in [1.165, 1.54) is 0 Å². The maximum Gasteiger partial charge on any atom is 0.262 e. The molecule has 1 aliphatic heterocycles. The second-order valence-corrected chi connectivity index (χ2v) is 10.8. The van der Waals surface area contributed by atoms with Crippen molar-refractivity contribution in [2.24, 2.45) is 5.41 Å². The molecule has 4 rings (SSSR count). The van der Waals surface area contributed by atoms with Gasteiger partial charge in [0, 0.05) is 40.5 Å². The summed E-state index contributed by atoms with van der Waals surface area (Å²) in [5.41, 5.74) is 1.16. The summed E-state index contributed by atoms with van der Waals surface area (Å²) >= 11 is 0. The fourth-order valence-corrected chi connectivity index (χ4v) is 5.05. The second-order valence-electron chi connectivity index (χ2n) is 9.16. The first-order valence-electron chi connectivity index (χ1n) is 10.8. The smallest absolute Gasteiger partial charge is 0.262 e. The number of anilines is 3. The van der Waals surface area contributed by atoms with Crippen molar-refractivity contribution in [2.45, 2.75) is 38.5 Å². The molecule has 8 heteroatoms. The number of amides is 2. The van der Waals surface area contributed by atoms with Crippen LogP contribution in [0.2, 0.25) is 0 Å². The molecular weight excluding hydrogens is 438 g/mol. The van der Waals surface area contributed by atoms with Gasteiger partial charge < -0.3 is 10.2 Å². The van der Waals surface area contributed by atoms with Crippen LogP contribution in [-0.2, 0) is 19.6 Å². The third-order valence-electron chi connectivity index (χ3n) is 5.59. The van der Waals surface area contributed by atoms with E-state index in [0.29, 0.717) is 29.7 Å². The van der Waals surface area contributed by atoms with Crippen LogP contribution >= 0.6 is 0 Å². The average molecular weight is 466 g/mol. The topological polar surface area (TPSA) is 95.6 Å². The summed E-state index contributed by atoms with van der Waals surface area (Å²) in [6, 6.07) is 17.0. The SMILES string of the molecule is CC(C)(C)C(=O)Nc1ccc(NS(=O)(=O)c2ccc(N3CCCC3=O)c3ccccc23)cc1. The predicted octanol–water partition coefficient (Wildman–Crippen LogP) is 4.75. The lowest BCUT2D eigenvalue weighted by molar-refractivity contribution is -0.123. The Morgan fingerprint density at radius 2 is 1.55 bits per heavy atom. The largest absolute Gasteiger partial charge is 0.326 e. The molecule has 0 radical (unpaired) electrons. The molecule has 3 aromatic carbocycles. The van der Waals surface area contributed by atoms with Crippen molar-refractivity contribution < 1.29 is 18.0 Å². The fraction of sp³-hybridized carbons (Fsp3) is 0.280. The van der Waals surface area contributed by atoms with Crippen LogP contribution in [-0.4, -0.2) is 26.8 Å². The van der Waals surface area contributed by atoms with E-state index in [2.05, 4.69) is 10.0 Å². The average Bonchev–Trinajstić information content (AvgIpc) is 3.19. The van der Waals surface area contributed by atoms with Gasteiger partial charge in [-0.1, -0.05) is 45.0 Å². The standard InChI is InChI=1S/C25H27N3O4S/c1-25(2,3)24(30)26-17-10-12-18(13-11-17)27-33(31,32)22-15-14-21(28-16-6-9-23(28)29)19-7-4-5-8-20(19)22/h4-5,7-8,10-15,27H,6,9,16H2,1-3H3,(H,26,30). The van der Waals surface area contributed by atoms with Gasteiger partial charge in [0.2, 0.25) is 11.8 Å². The number of rotatable bonds is 5. The Morgan fingerprint density at radius 1 is 0.909 bits per heavy atom. The molecule has 0 aliphatic carbocycles. The number of sulfonamides is 1. The van der Waals surface area contributed by atoms with Crippen molar-refractivity contribution in [1.29, 1.82) is 0 Å². The number of hydrogen-bond donors (Lipinski definition) is 2. The molecule has 2 amide bonds. The molecule has 33 heavy (non-hydrogen) atoms. The van der Waals surface area contributed by atoms with Gasteiger partial charge in [-0.25, -0.2) is 8.42 Å². The van der Waals surface area contributed by atoms with Gasteiger partial charge >= 0.3 is 0 Å². The molecule has 172 valence electrons. The van der Waals surface area contributed by atoms with Gasteiger partial charge in [-0.15, -0.1) is 0 Å². The Morgan fingerprint density at radius 3 is 2.15 bits per heavy atom. The van der Waals surface area contributed by atoms with Crippen LogP contribution in [0.5, 0.6) is 0 Å². The molecule has 0 bridgehead atoms. The summed E-state index contributed by atoms with van der Waals surface area (Å²) in [6.45, 7) is 6.09. The lowest BCUT2D eigenvalue weighted by Gasteiger charge is -2.20. The molecular formula is C25H27N3O4S. The minimum Gasteiger partial charge on any atom is -0.326 e. The Balaban J connectivity index is 1.62. The van der Waals surface area contributed by atoms with Crippen molar-refractivity contribution in [3.05, 3.63) is 60.7 Å². The van der Waals surface area contributed by atoms with Crippen LogP contribution in [0.25, 0.3) is 10.8 Å². The Labute approximate surface area is 193 Å². The highest BCUT2D eigenvalue weighted by Crippen LogP contribution is 2.34. The molecule has 3 aromatic rings. The third-order valence-corrected chi connectivity index (χ3v) is 7.03. The van der Waals surface area contributed by atoms with Crippen LogP contribution in [0.4, 0.5) is 17.1 Å².